The third-order valence-corrected chi connectivity index (χ3v) is 0.287. The van der Waals surface area contributed by atoms with Crippen molar-refractivity contribution in [3.63, 3.8) is 0 Å². The molecule has 3 heteroatoms. The molecule has 0 bridgehead atoms. The highest BCUT2D eigenvalue weighted by Crippen LogP contribution is 1.73. The zero-order valence-electron chi connectivity index (χ0n) is 6.93. The van der Waals surface area contributed by atoms with Crippen LogP contribution in [0.3, 0.4) is 0 Å². The van der Waals surface area contributed by atoms with Crippen molar-refractivity contribution in [2.75, 3.05) is 0 Å². The van der Waals surface area contributed by atoms with E-state index >= 15 is 0 Å². The Labute approximate surface area is 61.4 Å². The van der Waals surface area contributed by atoms with Gasteiger partial charge in [0.2, 0.25) is 0 Å². The van der Waals surface area contributed by atoms with Gasteiger partial charge in [0.05, 0.1) is 0 Å². The van der Waals surface area contributed by atoms with Crippen LogP contribution in [-0.2, 0) is 14.3 Å². The number of carbonyl (C=O) groups excluding carboxylic acids is 2. The van der Waals surface area contributed by atoms with Crippen LogP contribution >= 0.6 is 0 Å². The van der Waals surface area contributed by atoms with Crippen LogP contribution in [0.15, 0.2) is 0 Å². The number of hydrogen-bond acceptors (Lipinski definition) is 3. The van der Waals surface area contributed by atoms with Gasteiger partial charge < -0.3 is 4.74 Å². The second-order valence-electron chi connectivity index (χ2n) is 1.79. The van der Waals surface area contributed by atoms with Crippen LogP contribution in [0.1, 0.15) is 34.1 Å². The van der Waals surface area contributed by atoms with Gasteiger partial charge in [0.25, 0.3) is 0 Å². The van der Waals surface area contributed by atoms with Crippen LogP contribution < -0.4 is 0 Å². The molecule has 10 heavy (non-hydrogen) atoms. The molecule has 0 aliphatic rings. The fraction of sp³-hybridized carbons (Fsp3) is 0.714. The van der Waals surface area contributed by atoms with Gasteiger partial charge in [-0.3, -0.25) is 9.59 Å². The Morgan fingerprint density at radius 2 is 1.30 bits per heavy atom. The lowest BCUT2D eigenvalue weighted by molar-refractivity contribution is -0.156. The molecule has 0 amide bonds. The molecule has 3 nitrogen and oxygen atoms in total. The maximum Gasteiger partial charge on any atom is 0.310 e. The first kappa shape index (κ1) is 11.9. The standard InChI is InChI=1S/C4H6O3.C3H8/c1-3(5)7-4(2)6;1-3-2/h1-2H3;3H2,1-2H3. The van der Waals surface area contributed by atoms with Crippen molar-refractivity contribution in [3.8, 4) is 0 Å². The molecule has 0 aliphatic carbocycles. The van der Waals surface area contributed by atoms with E-state index in [0.29, 0.717) is 0 Å². The summed E-state index contributed by atoms with van der Waals surface area (Å²) in [6.45, 7) is 6.61. The van der Waals surface area contributed by atoms with Crippen LogP contribution in [0.4, 0.5) is 0 Å². The first-order valence-electron chi connectivity index (χ1n) is 3.23. The molecule has 0 atom stereocenters. The topological polar surface area (TPSA) is 43.4 Å². The summed E-state index contributed by atoms with van der Waals surface area (Å²) in [4.78, 5) is 19.6. The molecule has 60 valence electrons. The Bertz CT molecular complexity index is 95.4. The van der Waals surface area contributed by atoms with Crippen LogP contribution in [0.5, 0.6) is 0 Å². The normalized spacial score (nSPS) is 7.20. The molecule has 0 aliphatic heterocycles. The number of carbonyl (C=O) groups is 2. The second kappa shape index (κ2) is 8.14. The minimum atomic E-state index is -0.562. The third-order valence-electron chi connectivity index (χ3n) is 0.287. The van der Waals surface area contributed by atoms with Gasteiger partial charge in [-0.1, -0.05) is 20.3 Å². The first-order valence-corrected chi connectivity index (χ1v) is 3.23. The van der Waals surface area contributed by atoms with Gasteiger partial charge in [-0.25, -0.2) is 0 Å². The van der Waals surface area contributed by atoms with Crippen molar-refractivity contribution in [2.24, 2.45) is 0 Å². The van der Waals surface area contributed by atoms with E-state index in [9.17, 15) is 9.59 Å². The average molecular weight is 146 g/mol. The minimum Gasteiger partial charge on any atom is -0.394 e. The maximum absolute atomic E-state index is 9.81. The smallest absolute Gasteiger partial charge is 0.310 e. The van der Waals surface area contributed by atoms with E-state index in [-0.39, 0.29) is 0 Å². The molecule has 0 fully saturated rings. The number of esters is 2. The van der Waals surface area contributed by atoms with Gasteiger partial charge >= 0.3 is 11.9 Å². The quantitative estimate of drug-likeness (QED) is 0.384. The zero-order chi connectivity index (χ0) is 8.57. The van der Waals surface area contributed by atoms with Crippen molar-refractivity contribution in [1.82, 2.24) is 0 Å². The summed E-state index contributed by atoms with van der Waals surface area (Å²) < 4.78 is 3.97. The Morgan fingerprint density at radius 3 is 1.30 bits per heavy atom. The van der Waals surface area contributed by atoms with Gasteiger partial charge in [-0.15, -0.1) is 0 Å². The van der Waals surface area contributed by atoms with E-state index in [4.69, 9.17) is 0 Å². The lowest BCUT2D eigenvalue weighted by Crippen LogP contribution is -2.03. The molecule has 0 unspecified atom stereocenters. The predicted octanol–water partition coefficient (Wildman–Crippen LogP) is 1.51. The summed E-state index contributed by atoms with van der Waals surface area (Å²) >= 11 is 0. The summed E-state index contributed by atoms with van der Waals surface area (Å²) in [5.74, 6) is -1.12. The number of ether oxygens (including phenoxy) is 1. The van der Waals surface area contributed by atoms with Gasteiger partial charge in [-0.05, 0) is 0 Å². The van der Waals surface area contributed by atoms with E-state index < -0.39 is 11.9 Å². The first-order chi connectivity index (χ1) is 4.54. The van der Waals surface area contributed by atoms with E-state index in [1.165, 1.54) is 20.3 Å². The second-order valence-corrected chi connectivity index (χ2v) is 1.79. The lowest BCUT2D eigenvalue weighted by atomic mass is 10.6. The highest BCUT2D eigenvalue weighted by Gasteiger charge is 1.93. The Morgan fingerprint density at radius 1 is 1.10 bits per heavy atom. The van der Waals surface area contributed by atoms with Crippen molar-refractivity contribution in [1.29, 1.82) is 0 Å². The van der Waals surface area contributed by atoms with Crippen LogP contribution in [0, 0.1) is 0 Å². The van der Waals surface area contributed by atoms with Crippen molar-refractivity contribution >= 4 is 11.9 Å². The van der Waals surface area contributed by atoms with Gasteiger partial charge in [-0.2, -0.15) is 0 Å². The third kappa shape index (κ3) is 27.3. The van der Waals surface area contributed by atoms with Crippen molar-refractivity contribution in [3.05, 3.63) is 0 Å². The molecule has 0 aromatic carbocycles. The van der Waals surface area contributed by atoms with Crippen LogP contribution in [0.2, 0.25) is 0 Å². The Hall–Kier alpha value is -0.860. The SMILES string of the molecule is CC(=O)OC(C)=O.CCC. The fourth-order valence-corrected chi connectivity index (χ4v) is 0.202. The molecule has 0 aromatic heterocycles. The van der Waals surface area contributed by atoms with Gasteiger partial charge in [0.1, 0.15) is 0 Å². The summed E-state index contributed by atoms with van der Waals surface area (Å²) in [5.41, 5.74) is 0. The van der Waals surface area contributed by atoms with E-state index in [1.807, 2.05) is 0 Å². The molecule has 0 N–H and O–H groups in total. The van der Waals surface area contributed by atoms with Crippen molar-refractivity contribution in [2.45, 2.75) is 34.1 Å². The number of rotatable bonds is 0. The van der Waals surface area contributed by atoms with Gasteiger partial charge in [0.15, 0.2) is 0 Å². The van der Waals surface area contributed by atoms with Crippen LogP contribution in [0.25, 0.3) is 0 Å². The zero-order valence-corrected chi connectivity index (χ0v) is 6.93. The molecule has 0 aromatic rings. The Kier molecular flexibility index (Phi) is 9.67. The van der Waals surface area contributed by atoms with Crippen molar-refractivity contribution < 1.29 is 14.3 Å². The fourth-order valence-electron chi connectivity index (χ4n) is 0.202. The maximum atomic E-state index is 9.81. The molecule has 0 heterocycles. The largest absolute Gasteiger partial charge is 0.394 e. The highest BCUT2D eigenvalue weighted by molar-refractivity contribution is 5.82. The van der Waals surface area contributed by atoms with E-state index in [1.54, 1.807) is 0 Å². The molecule has 0 rings (SSSR count). The predicted molar refractivity (Wildman–Crippen MR) is 38.4 cm³/mol. The van der Waals surface area contributed by atoms with Gasteiger partial charge in [0, 0.05) is 13.8 Å². The molecular formula is C7H14O3. The molecule has 0 radical (unpaired) electrons. The van der Waals surface area contributed by atoms with E-state index in [0.717, 1.165) is 0 Å². The Balaban J connectivity index is 0. The average Bonchev–Trinajstić information content (AvgIpc) is 1.62. The molecule has 0 spiro atoms. The highest BCUT2D eigenvalue weighted by atomic mass is 16.6. The van der Waals surface area contributed by atoms with Crippen LogP contribution in [-0.4, -0.2) is 11.9 Å². The lowest BCUT2D eigenvalue weighted by Gasteiger charge is -1.87. The minimum absolute atomic E-state index is 0.562. The van der Waals surface area contributed by atoms with E-state index in [2.05, 4.69) is 18.6 Å². The monoisotopic (exact) mass is 146 g/mol. The summed E-state index contributed by atoms with van der Waals surface area (Å²) in [5, 5.41) is 0. The number of hydrogen-bond donors (Lipinski definition) is 0. The summed E-state index contributed by atoms with van der Waals surface area (Å²) in [7, 11) is 0. The molecule has 0 saturated carbocycles. The summed E-state index contributed by atoms with van der Waals surface area (Å²) in [6.07, 6.45) is 1.25. The molecule has 0 saturated heterocycles. The molecular weight excluding hydrogens is 132 g/mol. The summed E-state index contributed by atoms with van der Waals surface area (Å²) in [6, 6.07) is 0.